The van der Waals surface area contributed by atoms with E-state index < -0.39 is 0 Å². The molecule has 0 radical (unpaired) electrons. The fourth-order valence-electron chi connectivity index (χ4n) is 2.51. The van der Waals surface area contributed by atoms with Crippen molar-refractivity contribution in [3.05, 3.63) is 11.9 Å². The Labute approximate surface area is 115 Å². The van der Waals surface area contributed by atoms with E-state index in [1.807, 2.05) is 0 Å². The number of anilines is 2. The fourth-order valence-corrected chi connectivity index (χ4v) is 2.51. The van der Waals surface area contributed by atoms with E-state index in [1.165, 1.54) is 5.56 Å². The monoisotopic (exact) mass is 264 g/mol. The molecule has 1 atom stereocenters. The fraction of sp³-hybridized carbons (Fsp3) is 0.714. The van der Waals surface area contributed by atoms with Crippen LogP contribution in [0.15, 0.2) is 6.33 Å². The van der Waals surface area contributed by atoms with Crippen molar-refractivity contribution in [1.82, 2.24) is 9.97 Å². The van der Waals surface area contributed by atoms with E-state index in [1.54, 1.807) is 6.33 Å². The van der Waals surface area contributed by atoms with Gasteiger partial charge in [-0.3, -0.25) is 0 Å². The van der Waals surface area contributed by atoms with Gasteiger partial charge < -0.3 is 15.0 Å². The van der Waals surface area contributed by atoms with Crippen LogP contribution in [0.3, 0.4) is 0 Å². The van der Waals surface area contributed by atoms with Crippen LogP contribution >= 0.6 is 0 Å². The summed E-state index contributed by atoms with van der Waals surface area (Å²) < 4.78 is 5.71. The standard InChI is InChI=1S/C14H24N4O/c1-4-12-13(15-5-2)16-10-17-14(12)18-7-6-8-19-11(3)9-18/h10-11H,4-9H2,1-3H3,(H,15,16,17). The van der Waals surface area contributed by atoms with Crippen LogP contribution in [0.4, 0.5) is 11.6 Å². The van der Waals surface area contributed by atoms with Gasteiger partial charge in [0.25, 0.3) is 0 Å². The van der Waals surface area contributed by atoms with E-state index in [9.17, 15) is 0 Å². The van der Waals surface area contributed by atoms with Gasteiger partial charge in [-0.05, 0) is 26.7 Å². The number of nitrogens with zero attached hydrogens (tertiary/aromatic N) is 3. The van der Waals surface area contributed by atoms with Crippen LogP contribution in [-0.2, 0) is 11.2 Å². The number of nitrogens with one attached hydrogen (secondary N) is 1. The third-order valence-corrected chi connectivity index (χ3v) is 3.37. The van der Waals surface area contributed by atoms with Crippen molar-refractivity contribution in [3.63, 3.8) is 0 Å². The highest BCUT2D eigenvalue weighted by atomic mass is 16.5. The number of hydrogen-bond acceptors (Lipinski definition) is 5. The van der Waals surface area contributed by atoms with Crippen LogP contribution in [-0.4, -0.2) is 42.3 Å². The van der Waals surface area contributed by atoms with Crippen molar-refractivity contribution in [2.45, 2.75) is 39.7 Å². The lowest BCUT2D eigenvalue weighted by atomic mass is 10.2. The van der Waals surface area contributed by atoms with Gasteiger partial charge in [0.05, 0.1) is 6.10 Å². The van der Waals surface area contributed by atoms with E-state index in [0.717, 1.165) is 50.7 Å². The first kappa shape index (κ1) is 14.1. The Morgan fingerprint density at radius 2 is 2.26 bits per heavy atom. The summed E-state index contributed by atoms with van der Waals surface area (Å²) in [6.07, 6.45) is 3.89. The van der Waals surface area contributed by atoms with E-state index >= 15 is 0 Å². The highest BCUT2D eigenvalue weighted by Crippen LogP contribution is 2.25. The van der Waals surface area contributed by atoms with Gasteiger partial charge in [-0.25, -0.2) is 9.97 Å². The van der Waals surface area contributed by atoms with Gasteiger partial charge >= 0.3 is 0 Å². The quantitative estimate of drug-likeness (QED) is 0.902. The minimum atomic E-state index is 0.254. The Morgan fingerprint density at radius 3 is 3.00 bits per heavy atom. The molecule has 1 aromatic heterocycles. The summed E-state index contributed by atoms with van der Waals surface area (Å²) in [5, 5.41) is 3.32. The van der Waals surface area contributed by atoms with Crippen molar-refractivity contribution in [1.29, 1.82) is 0 Å². The topological polar surface area (TPSA) is 50.3 Å². The zero-order valence-corrected chi connectivity index (χ0v) is 12.1. The number of rotatable bonds is 4. The minimum absolute atomic E-state index is 0.254. The van der Waals surface area contributed by atoms with Crippen molar-refractivity contribution in [2.24, 2.45) is 0 Å². The largest absolute Gasteiger partial charge is 0.377 e. The van der Waals surface area contributed by atoms with E-state index in [4.69, 9.17) is 4.74 Å². The molecule has 0 amide bonds. The zero-order valence-electron chi connectivity index (χ0n) is 12.1. The molecule has 2 rings (SSSR count). The van der Waals surface area contributed by atoms with Crippen LogP contribution < -0.4 is 10.2 Å². The first-order valence-electron chi connectivity index (χ1n) is 7.20. The third-order valence-electron chi connectivity index (χ3n) is 3.37. The summed E-state index contributed by atoms with van der Waals surface area (Å²) in [5.74, 6) is 2.03. The van der Waals surface area contributed by atoms with E-state index in [2.05, 4.69) is 41.0 Å². The highest BCUT2D eigenvalue weighted by Gasteiger charge is 2.20. The average molecular weight is 264 g/mol. The normalized spacial score (nSPS) is 20.2. The summed E-state index contributed by atoms with van der Waals surface area (Å²) in [6.45, 7) is 9.98. The molecule has 0 aliphatic carbocycles. The first-order chi connectivity index (χ1) is 9.26. The minimum Gasteiger partial charge on any atom is -0.377 e. The first-order valence-corrected chi connectivity index (χ1v) is 7.20. The van der Waals surface area contributed by atoms with Gasteiger partial charge in [0.2, 0.25) is 0 Å². The maximum Gasteiger partial charge on any atom is 0.137 e. The lowest BCUT2D eigenvalue weighted by Gasteiger charge is -2.26. The smallest absolute Gasteiger partial charge is 0.137 e. The van der Waals surface area contributed by atoms with E-state index in [0.29, 0.717) is 0 Å². The maximum absolute atomic E-state index is 5.71. The second kappa shape index (κ2) is 6.70. The molecule has 1 saturated heterocycles. The molecule has 0 aromatic carbocycles. The van der Waals surface area contributed by atoms with Crippen molar-refractivity contribution in [2.75, 3.05) is 36.5 Å². The molecule has 1 aromatic rings. The van der Waals surface area contributed by atoms with Crippen molar-refractivity contribution >= 4 is 11.6 Å². The third kappa shape index (κ3) is 3.35. The molecule has 1 aliphatic heterocycles. The molecule has 106 valence electrons. The van der Waals surface area contributed by atoms with Crippen LogP contribution in [0.2, 0.25) is 0 Å². The van der Waals surface area contributed by atoms with Crippen LogP contribution in [0, 0.1) is 0 Å². The molecule has 1 unspecified atom stereocenters. The maximum atomic E-state index is 5.71. The van der Waals surface area contributed by atoms with Crippen LogP contribution in [0.25, 0.3) is 0 Å². The number of hydrogen-bond donors (Lipinski definition) is 1. The summed E-state index contributed by atoms with van der Waals surface area (Å²) in [5.41, 5.74) is 1.21. The molecule has 5 nitrogen and oxygen atoms in total. The molecule has 1 N–H and O–H groups in total. The lowest BCUT2D eigenvalue weighted by Crippen LogP contribution is -2.32. The molecule has 1 fully saturated rings. The molecular weight excluding hydrogens is 240 g/mol. The lowest BCUT2D eigenvalue weighted by molar-refractivity contribution is 0.0820. The number of aromatic nitrogens is 2. The second-order valence-electron chi connectivity index (χ2n) is 4.89. The van der Waals surface area contributed by atoms with Gasteiger partial charge in [0.1, 0.15) is 18.0 Å². The van der Waals surface area contributed by atoms with Gasteiger partial charge in [-0.15, -0.1) is 0 Å². The molecule has 0 spiro atoms. The van der Waals surface area contributed by atoms with E-state index in [-0.39, 0.29) is 6.10 Å². The van der Waals surface area contributed by atoms with Gasteiger partial charge in [-0.1, -0.05) is 6.92 Å². The van der Waals surface area contributed by atoms with Crippen LogP contribution in [0.1, 0.15) is 32.8 Å². The Morgan fingerprint density at radius 1 is 1.42 bits per heavy atom. The number of ether oxygens (including phenoxy) is 1. The summed E-state index contributed by atoms with van der Waals surface area (Å²) in [4.78, 5) is 11.2. The molecule has 0 bridgehead atoms. The van der Waals surface area contributed by atoms with Gasteiger partial charge in [0.15, 0.2) is 0 Å². The Balaban J connectivity index is 2.29. The summed E-state index contributed by atoms with van der Waals surface area (Å²) >= 11 is 0. The molecule has 0 saturated carbocycles. The highest BCUT2D eigenvalue weighted by molar-refractivity contribution is 5.58. The average Bonchev–Trinajstić information content (AvgIpc) is 2.63. The summed E-state index contributed by atoms with van der Waals surface area (Å²) in [7, 11) is 0. The van der Waals surface area contributed by atoms with Gasteiger partial charge in [-0.2, -0.15) is 0 Å². The molecule has 19 heavy (non-hydrogen) atoms. The summed E-state index contributed by atoms with van der Waals surface area (Å²) in [6, 6.07) is 0. The molecular formula is C14H24N4O. The van der Waals surface area contributed by atoms with Gasteiger partial charge in [0, 0.05) is 31.8 Å². The molecule has 5 heteroatoms. The van der Waals surface area contributed by atoms with Crippen molar-refractivity contribution in [3.8, 4) is 0 Å². The van der Waals surface area contributed by atoms with Crippen molar-refractivity contribution < 1.29 is 4.74 Å². The Kier molecular flexibility index (Phi) is 4.96. The predicted octanol–water partition coefficient (Wildman–Crippen LogP) is 2.09. The second-order valence-corrected chi connectivity index (χ2v) is 4.89. The molecule has 2 heterocycles. The predicted molar refractivity (Wildman–Crippen MR) is 77.8 cm³/mol. The molecule has 1 aliphatic rings. The zero-order chi connectivity index (χ0) is 13.7. The SMILES string of the molecule is CCNc1ncnc(N2CCCOC(C)C2)c1CC. The van der Waals surface area contributed by atoms with Crippen LogP contribution in [0.5, 0.6) is 0 Å². The Bertz CT molecular complexity index is 410. The Hall–Kier alpha value is -1.36.